The molecule has 0 saturated carbocycles. The molecule has 0 aliphatic heterocycles. The minimum absolute atomic E-state index is 0.0244. The fraction of sp³-hybridized carbons (Fsp3) is 0.350. The van der Waals surface area contributed by atoms with E-state index < -0.39 is 10.0 Å². The van der Waals surface area contributed by atoms with Crippen LogP contribution in [0.5, 0.6) is 0 Å². The number of anilines is 1. The quantitative estimate of drug-likeness (QED) is 0.593. The number of nitrogens with zero attached hydrogens (tertiary/aromatic N) is 1. The molecule has 1 unspecified atom stereocenters. The third-order valence-corrected chi connectivity index (χ3v) is 4.84. The highest BCUT2D eigenvalue weighted by molar-refractivity contribution is 7.92. The van der Waals surface area contributed by atoms with Crippen molar-refractivity contribution in [3.63, 3.8) is 0 Å². The van der Waals surface area contributed by atoms with Gasteiger partial charge in [-0.15, -0.1) is 0 Å². The first-order chi connectivity index (χ1) is 13.3. The number of nitrogens with one attached hydrogen (secondary N) is 2. The third kappa shape index (κ3) is 6.86. The highest BCUT2D eigenvalue weighted by atomic mass is 32.2. The minimum Gasteiger partial charge on any atom is -0.468 e. The molecule has 0 radical (unpaired) electrons. The number of amides is 1. The number of carbonyl (C=O) groups excluding carboxylic acids is 1. The Morgan fingerprint density at radius 3 is 2.39 bits per heavy atom. The molecule has 1 aromatic heterocycles. The van der Waals surface area contributed by atoms with Gasteiger partial charge in [-0.1, -0.05) is 26.0 Å². The summed E-state index contributed by atoms with van der Waals surface area (Å²) in [4.78, 5) is 14.4. The van der Waals surface area contributed by atoms with Crippen LogP contribution in [-0.4, -0.2) is 45.1 Å². The summed E-state index contributed by atoms with van der Waals surface area (Å²) >= 11 is 0. The zero-order chi connectivity index (χ0) is 20.6. The molecular weight excluding hydrogens is 378 g/mol. The normalized spacial score (nSPS) is 13.0. The Balaban J connectivity index is 1.95. The monoisotopic (exact) mass is 405 g/mol. The Labute approximate surface area is 166 Å². The van der Waals surface area contributed by atoms with Gasteiger partial charge < -0.3 is 9.73 Å². The van der Waals surface area contributed by atoms with E-state index in [1.54, 1.807) is 36.6 Å². The molecule has 0 bridgehead atoms. The van der Waals surface area contributed by atoms with Gasteiger partial charge in [0.25, 0.3) is 0 Å². The van der Waals surface area contributed by atoms with Crippen molar-refractivity contribution in [2.24, 2.45) is 0 Å². The summed E-state index contributed by atoms with van der Waals surface area (Å²) in [6.45, 7) is 6.28. The van der Waals surface area contributed by atoms with Gasteiger partial charge in [0.05, 0.1) is 18.6 Å². The fourth-order valence-electron chi connectivity index (χ4n) is 2.86. The van der Waals surface area contributed by atoms with Crippen molar-refractivity contribution in [1.82, 2.24) is 10.2 Å². The summed E-state index contributed by atoms with van der Waals surface area (Å²) in [6.07, 6.45) is 5.87. The lowest BCUT2D eigenvalue weighted by Crippen LogP contribution is -2.37. The molecule has 1 amide bonds. The Morgan fingerprint density at radius 1 is 1.18 bits per heavy atom. The topological polar surface area (TPSA) is 91.7 Å². The van der Waals surface area contributed by atoms with Gasteiger partial charge in [0, 0.05) is 18.3 Å². The summed E-state index contributed by atoms with van der Waals surface area (Å²) in [5.41, 5.74) is 1.27. The molecule has 0 spiro atoms. The van der Waals surface area contributed by atoms with Crippen molar-refractivity contribution in [3.05, 3.63) is 60.1 Å². The maximum Gasteiger partial charge on any atom is 0.244 e. The van der Waals surface area contributed by atoms with Crippen LogP contribution in [0.3, 0.4) is 0 Å². The number of hydrogen-bond donors (Lipinski definition) is 2. The standard InChI is InChI=1S/C20H27N3O4S/c1-4-23(5-2)18(19-7-6-14-27-19)15-21-20(24)13-10-16-8-11-17(12-9-16)22-28(3,25)26/h6-14,18,22H,4-5,15H2,1-3H3,(H,21,24)/b13-10+. The van der Waals surface area contributed by atoms with Gasteiger partial charge in [-0.3, -0.25) is 14.4 Å². The van der Waals surface area contributed by atoms with Crippen LogP contribution in [0.2, 0.25) is 0 Å². The average molecular weight is 406 g/mol. The first-order valence-electron chi connectivity index (χ1n) is 9.13. The number of carbonyl (C=O) groups is 1. The first kappa shape index (κ1) is 21.7. The largest absolute Gasteiger partial charge is 0.468 e. The highest BCUT2D eigenvalue weighted by Crippen LogP contribution is 2.20. The number of furan rings is 1. The molecule has 1 atom stereocenters. The Bertz CT molecular complexity index is 871. The van der Waals surface area contributed by atoms with Crippen molar-refractivity contribution in [2.45, 2.75) is 19.9 Å². The van der Waals surface area contributed by atoms with Crippen molar-refractivity contribution >= 4 is 27.7 Å². The Kier molecular flexibility index (Phi) is 7.83. The Morgan fingerprint density at radius 2 is 1.86 bits per heavy atom. The van der Waals surface area contributed by atoms with Gasteiger partial charge in [0.1, 0.15) is 5.76 Å². The maximum absolute atomic E-state index is 12.2. The molecule has 0 fully saturated rings. The number of likely N-dealkylation sites (N-methyl/N-ethyl adjacent to an activating group) is 1. The summed E-state index contributed by atoms with van der Waals surface area (Å²) in [7, 11) is -3.31. The van der Waals surface area contributed by atoms with Crippen LogP contribution in [0, 0.1) is 0 Å². The lowest BCUT2D eigenvalue weighted by Gasteiger charge is -2.28. The van der Waals surface area contributed by atoms with E-state index in [0.717, 1.165) is 30.7 Å². The van der Waals surface area contributed by atoms with Crippen LogP contribution in [0.15, 0.2) is 53.2 Å². The zero-order valence-corrected chi connectivity index (χ0v) is 17.2. The zero-order valence-electron chi connectivity index (χ0n) is 16.4. The molecule has 2 rings (SSSR count). The van der Waals surface area contributed by atoms with Crippen molar-refractivity contribution in [3.8, 4) is 0 Å². The van der Waals surface area contributed by atoms with E-state index in [9.17, 15) is 13.2 Å². The molecular formula is C20H27N3O4S. The predicted molar refractivity (Wildman–Crippen MR) is 111 cm³/mol. The van der Waals surface area contributed by atoms with Crippen molar-refractivity contribution < 1.29 is 17.6 Å². The first-order valence-corrected chi connectivity index (χ1v) is 11.0. The molecule has 7 nitrogen and oxygen atoms in total. The van der Waals surface area contributed by atoms with Gasteiger partial charge in [0.15, 0.2) is 0 Å². The number of rotatable bonds is 10. The van der Waals surface area contributed by atoms with Crippen molar-refractivity contribution in [1.29, 1.82) is 0 Å². The van der Waals surface area contributed by atoms with E-state index in [1.165, 1.54) is 6.08 Å². The molecule has 0 aliphatic carbocycles. The molecule has 2 aromatic rings. The molecule has 2 N–H and O–H groups in total. The van der Waals surface area contributed by atoms with Crippen LogP contribution < -0.4 is 10.0 Å². The molecule has 0 saturated heterocycles. The predicted octanol–water partition coefficient (Wildman–Crippen LogP) is 2.86. The van der Waals surface area contributed by atoms with Gasteiger partial charge in [-0.05, 0) is 49.0 Å². The van der Waals surface area contributed by atoms with Crippen LogP contribution in [0.25, 0.3) is 6.08 Å². The van der Waals surface area contributed by atoms with E-state index in [4.69, 9.17) is 4.42 Å². The summed E-state index contributed by atoms with van der Waals surface area (Å²) in [5.74, 6) is 0.615. The van der Waals surface area contributed by atoms with Crippen molar-refractivity contribution in [2.75, 3.05) is 30.6 Å². The maximum atomic E-state index is 12.2. The SMILES string of the molecule is CCN(CC)C(CNC(=O)/C=C/c1ccc(NS(C)(=O)=O)cc1)c1ccco1. The number of sulfonamides is 1. The number of hydrogen-bond acceptors (Lipinski definition) is 5. The van der Waals surface area contributed by atoms with E-state index in [1.807, 2.05) is 12.1 Å². The fourth-order valence-corrected chi connectivity index (χ4v) is 3.42. The van der Waals surface area contributed by atoms with Gasteiger partial charge in [-0.2, -0.15) is 0 Å². The second kappa shape index (κ2) is 10.1. The van der Waals surface area contributed by atoms with Crippen LogP contribution in [0.1, 0.15) is 31.2 Å². The molecule has 0 aliphatic rings. The molecule has 8 heteroatoms. The lowest BCUT2D eigenvalue weighted by molar-refractivity contribution is -0.116. The van der Waals surface area contributed by atoms with Crippen LogP contribution >= 0.6 is 0 Å². The summed E-state index contributed by atoms with van der Waals surface area (Å²) < 4.78 is 30.4. The van der Waals surface area contributed by atoms with Gasteiger partial charge in [0.2, 0.25) is 15.9 Å². The smallest absolute Gasteiger partial charge is 0.244 e. The third-order valence-electron chi connectivity index (χ3n) is 4.24. The van der Waals surface area contributed by atoms with Gasteiger partial charge >= 0.3 is 0 Å². The van der Waals surface area contributed by atoms with Crippen LogP contribution in [0.4, 0.5) is 5.69 Å². The molecule has 152 valence electrons. The summed E-state index contributed by atoms with van der Waals surface area (Å²) in [6, 6.07) is 10.5. The van der Waals surface area contributed by atoms with Gasteiger partial charge in [-0.25, -0.2) is 8.42 Å². The average Bonchev–Trinajstić information content (AvgIpc) is 3.17. The summed E-state index contributed by atoms with van der Waals surface area (Å²) in [5, 5.41) is 2.91. The number of benzene rings is 1. The second-order valence-corrected chi connectivity index (χ2v) is 8.08. The Hall–Kier alpha value is -2.58. The lowest BCUT2D eigenvalue weighted by atomic mass is 10.1. The van der Waals surface area contributed by atoms with E-state index >= 15 is 0 Å². The van der Waals surface area contributed by atoms with E-state index in [-0.39, 0.29) is 11.9 Å². The highest BCUT2D eigenvalue weighted by Gasteiger charge is 2.20. The van der Waals surface area contributed by atoms with E-state index in [0.29, 0.717) is 12.2 Å². The molecule has 1 aromatic carbocycles. The second-order valence-electron chi connectivity index (χ2n) is 6.33. The van der Waals surface area contributed by atoms with E-state index in [2.05, 4.69) is 28.8 Å². The molecule has 28 heavy (non-hydrogen) atoms. The minimum atomic E-state index is -3.31. The van der Waals surface area contributed by atoms with Crippen LogP contribution in [-0.2, 0) is 14.8 Å². The molecule has 1 heterocycles.